The lowest BCUT2D eigenvalue weighted by Gasteiger charge is -2.28. The topological polar surface area (TPSA) is 29.3 Å². The Balaban J connectivity index is 1.72. The second-order valence-electron chi connectivity index (χ2n) is 6.00. The first-order chi connectivity index (χ1) is 7.19. The summed E-state index contributed by atoms with van der Waals surface area (Å²) in [4.78, 5) is 2.50. The molecule has 2 aliphatic rings. The van der Waals surface area contributed by atoms with E-state index in [1.54, 1.807) is 0 Å². The minimum absolute atomic E-state index is 0.647. The van der Waals surface area contributed by atoms with Gasteiger partial charge in [-0.15, -0.1) is 0 Å². The molecule has 2 heteroatoms. The first kappa shape index (κ1) is 11.4. The highest BCUT2D eigenvalue weighted by molar-refractivity contribution is 4.91. The van der Waals surface area contributed by atoms with Crippen LogP contribution in [0.25, 0.3) is 0 Å². The minimum Gasteiger partial charge on any atom is -0.330 e. The highest BCUT2D eigenvalue weighted by atomic mass is 15.1. The number of nitrogens with zero attached hydrogens (tertiary/aromatic N) is 1. The van der Waals surface area contributed by atoms with Crippen LogP contribution in [0, 0.1) is 23.7 Å². The van der Waals surface area contributed by atoms with Crippen LogP contribution in [0.2, 0.25) is 0 Å². The number of fused-ring (bicyclic) bond motifs is 2. The summed E-state index contributed by atoms with van der Waals surface area (Å²) in [5.74, 6) is 3.79. The van der Waals surface area contributed by atoms with Gasteiger partial charge < -0.3 is 10.6 Å². The summed E-state index contributed by atoms with van der Waals surface area (Å²) in [7, 11) is 2.26. The Labute approximate surface area is 94.2 Å². The van der Waals surface area contributed by atoms with E-state index >= 15 is 0 Å². The van der Waals surface area contributed by atoms with Crippen molar-refractivity contribution in [3.8, 4) is 0 Å². The molecule has 4 atom stereocenters. The number of nitrogens with two attached hydrogens (primary N) is 1. The lowest BCUT2D eigenvalue weighted by Crippen LogP contribution is -2.33. The SMILES string of the molecule is CC(CN)CN(C)CC1CC2CCC1C2. The quantitative estimate of drug-likeness (QED) is 0.751. The highest BCUT2D eigenvalue weighted by Crippen LogP contribution is 2.48. The number of rotatable bonds is 5. The van der Waals surface area contributed by atoms with Crippen molar-refractivity contribution in [1.29, 1.82) is 0 Å². The van der Waals surface area contributed by atoms with Gasteiger partial charge in [-0.1, -0.05) is 13.3 Å². The monoisotopic (exact) mass is 210 g/mol. The molecule has 0 heterocycles. The largest absolute Gasteiger partial charge is 0.330 e. The van der Waals surface area contributed by atoms with E-state index in [4.69, 9.17) is 5.73 Å². The smallest absolute Gasteiger partial charge is 0.00161 e. The van der Waals surface area contributed by atoms with E-state index in [2.05, 4.69) is 18.9 Å². The molecule has 2 aliphatic carbocycles. The summed E-state index contributed by atoms with van der Waals surface area (Å²) in [6.07, 6.45) is 6.07. The maximum atomic E-state index is 5.66. The second-order valence-corrected chi connectivity index (χ2v) is 6.00. The number of hydrogen-bond donors (Lipinski definition) is 1. The van der Waals surface area contributed by atoms with Gasteiger partial charge in [0, 0.05) is 13.1 Å². The molecule has 88 valence electrons. The standard InChI is InChI=1S/C13H26N2/c1-10(7-14)8-15(2)9-13-6-11-3-4-12(13)5-11/h10-13H,3-9,14H2,1-2H3. The molecule has 0 aromatic rings. The first-order valence-electron chi connectivity index (χ1n) is 6.57. The zero-order valence-electron chi connectivity index (χ0n) is 10.3. The molecule has 0 aromatic heterocycles. The van der Waals surface area contributed by atoms with Gasteiger partial charge in [0.2, 0.25) is 0 Å². The van der Waals surface area contributed by atoms with Crippen molar-refractivity contribution in [3.05, 3.63) is 0 Å². The zero-order valence-corrected chi connectivity index (χ0v) is 10.3. The van der Waals surface area contributed by atoms with Crippen molar-refractivity contribution in [1.82, 2.24) is 4.90 Å². The minimum atomic E-state index is 0.647. The summed E-state index contributed by atoms with van der Waals surface area (Å²) in [5.41, 5.74) is 5.66. The van der Waals surface area contributed by atoms with E-state index in [1.165, 1.54) is 38.8 Å². The Morgan fingerprint density at radius 2 is 2.13 bits per heavy atom. The van der Waals surface area contributed by atoms with Crippen LogP contribution >= 0.6 is 0 Å². The third-order valence-electron chi connectivity index (χ3n) is 4.46. The van der Waals surface area contributed by atoms with Crippen LogP contribution in [-0.2, 0) is 0 Å². The van der Waals surface area contributed by atoms with Gasteiger partial charge in [0.15, 0.2) is 0 Å². The first-order valence-corrected chi connectivity index (χ1v) is 6.57. The van der Waals surface area contributed by atoms with Crippen LogP contribution in [-0.4, -0.2) is 31.6 Å². The maximum absolute atomic E-state index is 5.66. The van der Waals surface area contributed by atoms with Crippen molar-refractivity contribution in [3.63, 3.8) is 0 Å². The Morgan fingerprint density at radius 1 is 1.33 bits per heavy atom. The lowest BCUT2D eigenvalue weighted by atomic mass is 9.88. The summed E-state index contributed by atoms with van der Waals surface area (Å²) >= 11 is 0. The molecule has 0 aromatic carbocycles. The fourth-order valence-electron chi connectivity index (χ4n) is 3.68. The van der Waals surface area contributed by atoms with Crippen molar-refractivity contribution in [2.75, 3.05) is 26.7 Å². The second kappa shape index (κ2) is 4.84. The molecule has 2 N–H and O–H groups in total. The molecule has 2 bridgehead atoms. The molecular weight excluding hydrogens is 184 g/mol. The fourth-order valence-corrected chi connectivity index (χ4v) is 3.68. The van der Waals surface area contributed by atoms with Crippen LogP contribution in [0.15, 0.2) is 0 Å². The molecule has 2 rings (SSSR count). The van der Waals surface area contributed by atoms with Gasteiger partial charge in [-0.05, 0) is 56.5 Å². The van der Waals surface area contributed by atoms with Gasteiger partial charge in [0.25, 0.3) is 0 Å². The summed E-state index contributed by atoms with van der Waals surface area (Å²) in [5, 5.41) is 0. The predicted octanol–water partition coefficient (Wildman–Crippen LogP) is 1.95. The molecule has 0 saturated heterocycles. The van der Waals surface area contributed by atoms with E-state index in [0.29, 0.717) is 5.92 Å². The molecule has 0 radical (unpaired) electrons. The van der Waals surface area contributed by atoms with Crippen LogP contribution in [0.5, 0.6) is 0 Å². The van der Waals surface area contributed by atoms with Crippen LogP contribution in [0.4, 0.5) is 0 Å². The Kier molecular flexibility index (Phi) is 3.68. The van der Waals surface area contributed by atoms with Crippen molar-refractivity contribution >= 4 is 0 Å². The average Bonchev–Trinajstić information content (AvgIpc) is 2.78. The van der Waals surface area contributed by atoms with E-state index in [9.17, 15) is 0 Å². The molecule has 0 spiro atoms. The van der Waals surface area contributed by atoms with Gasteiger partial charge in [0.1, 0.15) is 0 Å². The number of hydrogen-bond acceptors (Lipinski definition) is 2. The molecule has 2 saturated carbocycles. The molecule has 4 unspecified atom stereocenters. The van der Waals surface area contributed by atoms with Crippen LogP contribution in [0.3, 0.4) is 0 Å². The van der Waals surface area contributed by atoms with Crippen molar-refractivity contribution in [2.24, 2.45) is 29.4 Å². The van der Waals surface area contributed by atoms with Gasteiger partial charge >= 0.3 is 0 Å². The Bertz CT molecular complexity index is 205. The molecule has 2 nitrogen and oxygen atoms in total. The van der Waals surface area contributed by atoms with Gasteiger partial charge in [-0.2, -0.15) is 0 Å². The maximum Gasteiger partial charge on any atom is 0.00161 e. The van der Waals surface area contributed by atoms with Crippen LogP contribution in [0.1, 0.15) is 32.6 Å². The summed E-state index contributed by atoms with van der Waals surface area (Å²) < 4.78 is 0. The Hall–Kier alpha value is -0.0800. The average molecular weight is 210 g/mol. The highest BCUT2D eigenvalue weighted by Gasteiger charge is 2.39. The van der Waals surface area contributed by atoms with Gasteiger partial charge in [-0.25, -0.2) is 0 Å². The summed E-state index contributed by atoms with van der Waals surface area (Å²) in [6.45, 7) is 5.55. The van der Waals surface area contributed by atoms with E-state index in [0.717, 1.165) is 24.3 Å². The van der Waals surface area contributed by atoms with E-state index in [-0.39, 0.29) is 0 Å². The lowest BCUT2D eigenvalue weighted by molar-refractivity contribution is 0.202. The normalized spacial score (nSPS) is 36.4. The molecule has 0 amide bonds. The van der Waals surface area contributed by atoms with Gasteiger partial charge in [-0.3, -0.25) is 0 Å². The predicted molar refractivity (Wildman–Crippen MR) is 64.7 cm³/mol. The molecule has 15 heavy (non-hydrogen) atoms. The molecule has 2 fully saturated rings. The molecular formula is C13H26N2. The van der Waals surface area contributed by atoms with Gasteiger partial charge in [0.05, 0.1) is 0 Å². The molecule has 0 aliphatic heterocycles. The Morgan fingerprint density at radius 3 is 2.67 bits per heavy atom. The van der Waals surface area contributed by atoms with Crippen LogP contribution < -0.4 is 5.73 Å². The van der Waals surface area contributed by atoms with Crippen molar-refractivity contribution < 1.29 is 0 Å². The van der Waals surface area contributed by atoms with E-state index < -0.39 is 0 Å². The van der Waals surface area contributed by atoms with Crippen molar-refractivity contribution in [2.45, 2.75) is 32.6 Å². The zero-order chi connectivity index (χ0) is 10.8. The third kappa shape index (κ3) is 2.73. The van der Waals surface area contributed by atoms with E-state index in [1.807, 2.05) is 0 Å². The third-order valence-corrected chi connectivity index (χ3v) is 4.46. The summed E-state index contributed by atoms with van der Waals surface area (Å²) in [6, 6.07) is 0. The fraction of sp³-hybridized carbons (Fsp3) is 1.00.